The Morgan fingerprint density at radius 2 is 2.36 bits per heavy atom. The van der Waals surface area contributed by atoms with E-state index in [4.69, 9.17) is 16.3 Å². The van der Waals surface area contributed by atoms with Crippen LogP contribution in [0.4, 0.5) is 0 Å². The fraction of sp³-hybridized carbons (Fsp3) is 0.600. The van der Waals surface area contributed by atoms with Gasteiger partial charge in [0.25, 0.3) is 0 Å². The molecule has 1 atom stereocenters. The Morgan fingerprint density at radius 1 is 1.57 bits per heavy atom. The highest BCUT2D eigenvalue weighted by molar-refractivity contribution is 7.16. The Morgan fingerprint density at radius 3 is 2.93 bits per heavy atom. The Balaban J connectivity index is 2.23. The largest absolute Gasteiger partial charge is 0.393 e. The van der Waals surface area contributed by atoms with E-state index in [-0.39, 0.29) is 6.10 Å². The number of methoxy groups -OCH3 is 1. The summed E-state index contributed by atoms with van der Waals surface area (Å²) in [6.07, 6.45) is 2.10. The molecule has 1 aromatic heterocycles. The quantitative estimate of drug-likeness (QED) is 0.767. The third-order valence-electron chi connectivity index (χ3n) is 1.95. The van der Waals surface area contributed by atoms with Crippen LogP contribution in [0.3, 0.4) is 0 Å². The lowest BCUT2D eigenvalue weighted by molar-refractivity contribution is 0.136. The van der Waals surface area contributed by atoms with E-state index in [0.717, 1.165) is 22.1 Å². The average molecular weight is 235 g/mol. The van der Waals surface area contributed by atoms with Crippen LogP contribution in [0.2, 0.25) is 4.34 Å². The van der Waals surface area contributed by atoms with Gasteiger partial charge in [0.15, 0.2) is 0 Å². The molecule has 0 bridgehead atoms. The van der Waals surface area contributed by atoms with Crippen molar-refractivity contribution in [2.45, 2.75) is 25.4 Å². The monoisotopic (exact) mass is 234 g/mol. The summed E-state index contributed by atoms with van der Waals surface area (Å²) in [5, 5.41) is 9.65. The molecule has 1 N–H and O–H groups in total. The van der Waals surface area contributed by atoms with Crippen molar-refractivity contribution in [1.29, 1.82) is 0 Å². The topological polar surface area (TPSA) is 29.5 Å². The van der Waals surface area contributed by atoms with E-state index in [2.05, 4.69) is 0 Å². The fourth-order valence-electron chi connectivity index (χ4n) is 1.26. The predicted molar refractivity (Wildman–Crippen MR) is 60.1 cm³/mol. The molecule has 2 nitrogen and oxygen atoms in total. The first-order valence-corrected chi connectivity index (χ1v) is 5.83. The number of hydrogen-bond donors (Lipinski definition) is 1. The molecule has 1 heterocycles. The van der Waals surface area contributed by atoms with Gasteiger partial charge in [0.05, 0.1) is 10.4 Å². The van der Waals surface area contributed by atoms with Crippen molar-refractivity contribution in [3.8, 4) is 0 Å². The number of thiophene rings is 1. The Kier molecular flexibility index (Phi) is 5.48. The summed E-state index contributed by atoms with van der Waals surface area (Å²) in [5.74, 6) is 0. The smallest absolute Gasteiger partial charge is 0.0931 e. The van der Waals surface area contributed by atoms with E-state index in [1.54, 1.807) is 7.11 Å². The minimum absolute atomic E-state index is 0.278. The van der Waals surface area contributed by atoms with Crippen LogP contribution in [0.15, 0.2) is 12.1 Å². The zero-order valence-electron chi connectivity index (χ0n) is 8.20. The van der Waals surface area contributed by atoms with E-state index < -0.39 is 0 Å². The predicted octanol–water partition coefficient (Wildman–Crippen LogP) is 2.73. The van der Waals surface area contributed by atoms with Gasteiger partial charge in [0.2, 0.25) is 0 Å². The molecule has 0 radical (unpaired) electrons. The summed E-state index contributed by atoms with van der Waals surface area (Å²) in [6.45, 7) is 0.711. The molecule has 0 aliphatic rings. The van der Waals surface area contributed by atoms with Gasteiger partial charge in [0, 0.05) is 25.0 Å². The van der Waals surface area contributed by atoms with Gasteiger partial charge in [-0.25, -0.2) is 0 Å². The van der Waals surface area contributed by atoms with Gasteiger partial charge in [0.1, 0.15) is 0 Å². The zero-order chi connectivity index (χ0) is 10.4. The number of aliphatic hydroxyl groups excluding tert-OH is 1. The molecular weight excluding hydrogens is 220 g/mol. The van der Waals surface area contributed by atoms with Crippen LogP contribution in [0, 0.1) is 0 Å². The molecule has 0 amide bonds. The average Bonchev–Trinajstić information content (AvgIpc) is 2.52. The SMILES string of the molecule is COCCCC(O)Cc1ccc(Cl)s1. The molecule has 0 saturated carbocycles. The summed E-state index contributed by atoms with van der Waals surface area (Å²) in [6, 6.07) is 3.83. The van der Waals surface area contributed by atoms with Crippen LogP contribution in [-0.4, -0.2) is 24.9 Å². The van der Waals surface area contributed by atoms with E-state index >= 15 is 0 Å². The summed E-state index contributed by atoms with van der Waals surface area (Å²) < 4.78 is 5.70. The number of halogens is 1. The standard InChI is InChI=1S/C10H15ClO2S/c1-13-6-2-3-8(12)7-9-4-5-10(11)14-9/h4-5,8,12H,2-3,6-7H2,1H3. The molecule has 0 fully saturated rings. The highest BCUT2D eigenvalue weighted by Gasteiger charge is 2.07. The van der Waals surface area contributed by atoms with Crippen molar-refractivity contribution >= 4 is 22.9 Å². The highest BCUT2D eigenvalue weighted by Crippen LogP contribution is 2.23. The van der Waals surface area contributed by atoms with Gasteiger partial charge >= 0.3 is 0 Å². The lowest BCUT2D eigenvalue weighted by Crippen LogP contribution is -2.10. The maximum Gasteiger partial charge on any atom is 0.0931 e. The minimum Gasteiger partial charge on any atom is -0.393 e. The van der Waals surface area contributed by atoms with Crippen LogP contribution >= 0.6 is 22.9 Å². The maximum absolute atomic E-state index is 9.65. The highest BCUT2D eigenvalue weighted by atomic mass is 35.5. The first-order chi connectivity index (χ1) is 6.72. The van der Waals surface area contributed by atoms with Crippen LogP contribution in [0.5, 0.6) is 0 Å². The summed E-state index contributed by atoms with van der Waals surface area (Å²) in [7, 11) is 1.67. The van der Waals surface area contributed by atoms with E-state index in [0.29, 0.717) is 13.0 Å². The molecule has 80 valence electrons. The molecule has 0 saturated heterocycles. The van der Waals surface area contributed by atoms with Crippen molar-refractivity contribution in [2.75, 3.05) is 13.7 Å². The van der Waals surface area contributed by atoms with Gasteiger partial charge in [-0.2, -0.15) is 0 Å². The summed E-state index contributed by atoms with van der Waals surface area (Å²) >= 11 is 7.32. The van der Waals surface area contributed by atoms with Gasteiger partial charge < -0.3 is 9.84 Å². The second-order valence-electron chi connectivity index (χ2n) is 3.20. The second kappa shape index (κ2) is 6.40. The van der Waals surface area contributed by atoms with E-state index in [1.165, 1.54) is 11.3 Å². The first kappa shape index (κ1) is 12.0. The number of hydrogen-bond acceptors (Lipinski definition) is 3. The molecule has 0 spiro atoms. The molecule has 1 rings (SSSR count). The van der Waals surface area contributed by atoms with Crippen molar-refractivity contribution in [2.24, 2.45) is 0 Å². The van der Waals surface area contributed by atoms with Crippen molar-refractivity contribution < 1.29 is 9.84 Å². The summed E-state index contributed by atoms with van der Waals surface area (Å²) in [4.78, 5) is 1.14. The van der Waals surface area contributed by atoms with Gasteiger partial charge in [-0.3, -0.25) is 0 Å². The van der Waals surface area contributed by atoms with Crippen LogP contribution in [-0.2, 0) is 11.2 Å². The Bertz CT molecular complexity index is 262. The number of ether oxygens (including phenoxy) is 1. The molecule has 0 aliphatic carbocycles. The van der Waals surface area contributed by atoms with Crippen LogP contribution in [0.25, 0.3) is 0 Å². The van der Waals surface area contributed by atoms with E-state index in [1.807, 2.05) is 12.1 Å². The van der Waals surface area contributed by atoms with Crippen molar-refractivity contribution in [3.05, 3.63) is 21.3 Å². The summed E-state index contributed by atoms with van der Waals surface area (Å²) in [5.41, 5.74) is 0. The molecule has 14 heavy (non-hydrogen) atoms. The molecule has 4 heteroatoms. The minimum atomic E-state index is -0.278. The fourth-order valence-corrected chi connectivity index (χ4v) is 2.42. The van der Waals surface area contributed by atoms with Crippen LogP contribution in [0.1, 0.15) is 17.7 Å². The third-order valence-corrected chi connectivity index (χ3v) is 3.20. The molecule has 1 unspecified atom stereocenters. The third kappa shape index (κ3) is 4.42. The zero-order valence-corrected chi connectivity index (χ0v) is 9.77. The molecule has 1 aromatic rings. The van der Waals surface area contributed by atoms with Crippen molar-refractivity contribution in [1.82, 2.24) is 0 Å². The lowest BCUT2D eigenvalue weighted by Gasteiger charge is -2.08. The number of rotatable bonds is 6. The normalized spacial score (nSPS) is 13.1. The lowest BCUT2D eigenvalue weighted by atomic mass is 10.1. The Labute approximate surface area is 93.5 Å². The molecular formula is C10H15ClO2S. The number of aliphatic hydroxyl groups is 1. The molecule has 0 aromatic carbocycles. The van der Waals surface area contributed by atoms with E-state index in [9.17, 15) is 5.11 Å². The maximum atomic E-state index is 9.65. The van der Waals surface area contributed by atoms with Crippen molar-refractivity contribution in [3.63, 3.8) is 0 Å². The first-order valence-electron chi connectivity index (χ1n) is 4.63. The molecule has 0 aliphatic heterocycles. The van der Waals surface area contributed by atoms with Gasteiger partial charge in [-0.15, -0.1) is 11.3 Å². The van der Waals surface area contributed by atoms with Gasteiger partial charge in [-0.1, -0.05) is 11.6 Å². The van der Waals surface area contributed by atoms with Gasteiger partial charge in [-0.05, 0) is 25.0 Å². The Hall–Kier alpha value is -0.0900. The van der Waals surface area contributed by atoms with Crippen LogP contribution < -0.4 is 0 Å². The second-order valence-corrected chi connectivity index (χ2v) is 5.00.